The molecule has 21 heavy (non-hydrogen) atoms. The van der Waals surface area contributed by atoms with Gasteiger partial charge in [0.2, 0.25) is 11.8 Å². The van der Waals surface area contributed by atoms with E-state index in [1.807, 2.05) is 6.92 Å². The number of hydrogen-bond donors (Lipinski definition) is 1. The Labute approximate surface area is 128 Å². The Balaban J connectivity index is 2.34. The van der Waals surface area contributed by atoms with Crippen LogP contribution in [0.2, 0.25) is 5.02 Å². The summed E-state index contributed by atoms with van der Waals surface area (Å²) in [6, 6.07) is 3.75. The van der Waals surface area contributed by atoms with Crippen LogP contribution in [0.4, 0.5) is 4.39 Å². The number of rotatable bonds is 3. The molecule has 0 saturated carbocycles. The Morgan fingerprint density at radius 2 is 2.05 bits per heavy atom. The Hall–Kier alpha value is -1.62. The second kappa shape index (κ2) is 5.64. The predicted octanol–water partition coefficient (Wildman–Crippen LogP) is 2.49. The van der Waals surface area contributed by atoms with Gasteiger partial charge >= 0.3 is 0 Å². The fraction of sp³-hybridized carbons (Fsp3) is 0.467. The van der Waals surface area contributed by atoms with Crippen LogP contribution in [-0.2, 0) is 16.1 Å². The van der Waals surface area contributed by atoms with Gasteiger partial charge in [-0.1, -0.05) is 24.6 Å². The van der Waals surface area contributed by atoms with Crippen LogP contribution in [0.15, 0.2) is 18.2 Å². The summed E-state index contributed by atoms with van der Waals surface area (Å²) in [5, 5.41) is 3.00. The normalized spacial score (nSPS) is 21.4. The third-order valence-electron chi connectivity index (χ3n) is 3.85. The lowest BCUT2D eigenvalue weighted by molar-refractivity contribution is -0.156. The molecule has 1 aliphatic rings. The Kier molecular flexibility index (Phi) is 4.23. The molecule has 1 aliphatic heterocycles. The number of carbonyl (C=O) groups excluding carboxylic acids is 2. The molecule has 1 aromatic rings. The molecule has 1 saturated heterocycles. The first-order chi connectivity index (χ1) is 9.77. The number of amides is 2. The van der Waals surface area contributed by atoms with E-state index >= 15 is 0 Å². The van der Waals surface area contributed by atoms with E-state index in [0.29, 0.717) is 17.0 Å². The number of hydrogen-bond acceptors (Lipinski definition) is 2. The third kappa shape index (κ3) is 2.88. The molecule has 1 unspecified atom stereocenters. The van der Waals surface area contributed by atoms with E-state index in [2.05, 4.69) is 5.32 Å². The summed E-state index contributed by atoms with van der Waals surface area (Å²) in [6.45, 7) is 5.17. The summed E-state index contributed by atoms with van der Waals surface area (Å²) in [5.74, 6) is -0.912. The average Bonchev–Trinajstić information content (AvgIpc) is 2.41. The Morgan fingerprint density at radius 1 is 1.38 bits per heavy atom. The van der Waals surface area contributed by atoms with Crippen molar-refractivity contribution in [1.29, 1.82) is 0 Å². The highest BCUT2D eigenvalue weighted by atomic mass is 35.5. The van der Waals surface area contributed by atoms with Crippen molar-refractivity contribution in [2.24, 2.45) is 0 Å². The highest BCUT2D eigenvalue weighted by molar-refractivity contribution is 6.30. The van der Waals surface area contributed by atoms with Crippen molar-refractivity contribution in [3.05, 3.63) is 34.6 Å². The van der Waals surface area contributed by atoms with Gasteiger partial charge in [0.05, 0.1) is 0 Å². The quantitative estimate of drug-likeness (QED) is 0.932. The molecule has 1 heterocycles. The first-order valence-electron chi connectivity index (χ1n) is 6.83. The maximum absolute atomic E-state index is 13.9. The van der Waals surface area contributed by atoms with Gasteiger partial charge in [-0.2, -0.15) is 0 Å². The van der Waals surface area contributed by atoms with Crippen LogP contribution >= 0.6 is 11.6 Å². The summed E-state index contributed by atoms with van der Waals surface area (Å²) in [5.41, 5.74) is -0.681. The summed E-state index contributed by atoms with van der Waals surface area (Å²) in [7, 11) is 0. The van der Waals surface area contributed by atoms with Gasteiger partial charge in [-0.15, -0.1) is 0 Å². The minimum absolute atomic E-state index is 0.0404. The topological polar surface area (TPSA) is 49.4 Å². The first-order valence-corrected chi connectivity index (χ1v) is 7.21. The van der Waals surface area contributed by atoms with Crippen LogP contribution in [0.5, 0.6) is 0 Å². The second-order valence-electron chi connectivity index (χ2n) is 5.65. The molecule has 6 heteroatoms. The standard InChI is InChI=1S/C15H18ClFN2O2/c1-4-12-13(20)19(15(2,3)14(21)18-12)8-9-5-6-10(16)7-11(9)17/h5-7,12H,4,8H2,1-3H3,(H,18,21). The van der Waals surface area contributed by atoms with E-state index in [1.54, 1.807) is 19.9 Å². The number of piperazine rings is 1. The van der Waals surface area contributed by atoms with Gasteiger partial charge in [0.1, 0.15) is 17.4 Å². The van der Waals surface area contributed by atoms with Crippen LogP contribution < -0.4 is 5.32 Å². The van der Waals surface area contributed by atoms with Gasteiger partial charge in [-0.05, 0) is 32.4 Å². The van der Waals surface area contributed by atoms with Crippen LogP contribution in [0.3, 0.4) is 0 Å². The number of carbonyl (C=O) groups is 2. The van der Waals surface area contributed by atoms with Gasteiger partial charge in [-0.3, -0.25) is 9.59 Å². The minimum Gasteiger partial charge on any atom is -0.342 e. The molecule has 4 nitrogen and oxygen atoms in total. The average molecular weight is 313 g/mol. The molecule has 0 spiro atoms. The second-order valence-corrected chi connectivity index (χ2v) is 6.09. The predicted molar refractivity (Wildman–Crippen MR) is 78.3 cm³/mol. The van der Waals surface area contributed by atoms with Gasteiger partial charge in [0.25, 0.3) is 0 Å². The van der Waals surface area contributed by atoms with Crippen molar-refractivity contribution in [3.63, 3.8) is 0 Å². The summed E-state index contributed by atoms with van der Waals surface area (Å²) < 4.78 is 13.9. The molecular formula is C15H18ClFN2O2. The van der Waals surface area contributed by atoms with Gasteiger partial charge in [-0.25, -0.2) is 4.39 Å². The smallest absolute Gasteiger partial charge is 0.246 e. The van der Waals surface area contributed by atoms with E-state index in [-0.39, 0.29) is 18.4 Å². The minimum atomic E-state index is -1.02. The largest absolute Gasteiger partial charge is 0.342 e. The third-order valence-corrected chi connectivity index (χ3v) is 4.09. The zero-order chi connectivity index (χ0) is 15.8. The van der Waals surface area contributed by atoms with Crippen molar-refractivity contribution < 1.29 is 14.0 Å². The lowest BCUT2D eigenvalue weighted by Crippen LogP contribution is -2.67. The van der Waals surface area contributed by atoms with Crippen LogP contribution in [-0.4, -0.2) is 28.3 Å². The molecule has 1 atom stereocenters. The zero-order valence-electron chi connectivity index (χ0n) is 12.2. The van der Waals surface area contributed by atoms with Crippen molar-refractivity contribution in [2.75, 3.05) is 0 Å². The number of nitrogens with one attached hydrogen (secondary N) is 1. The molecule has 2 amide bonds. The van der Waals surface area contributed by atoms with Crippen LogP contribution in [0, 0.1) is 5.82 Å². The van der Waals surface area contributed by atoms with Gasteiger partial charge in [0.15, 0.2) is 0 Å². The number of halogens is 2. The fourth-order valence-corrected chi connectivity index (χ4v) is 2.51. The van der Waals surface area contributed by atoms with Crippen molar-refractivity contribution in [1.82, 2.24) is 10.2 Å². The molecule has 1 N–H and O–H groups in total. The Morgan fingerprint density at radius 3 is 2.62 bits per heavy atom. The SMILES string of the molecule is CCC1NC(=O)C(C)(C)N(Cc2ccc(Cl)cc2F)C1=O. The van der Waals surface area contributed by atoms with Crippen LogP contribution in [0.1, 0.15) is 32.8 Å². The molecule has 1 fully saturated rings. The summed E-state index contributed by atoms with van der Waals surface area (Å²) >= 11 is 5.73. The maximum Gasteiger partial charge on any atom is 0.246 e. The van der Waals surface area contributed by atoms with E-state index in [0.717, 1.165) is 0 Å². The van der Waals surface area contributed by atoms with E-state index in [9.17, 15) is 14.0 Å². The molecule has 0 aromatic heterocycles. The van der Waals surface area contributed by atoms with Crippen molar-refractivity contribution in [2.45, 2.75) is 45.3 Å². The summed E-state index contributed by atoms with van der Waals surface area (Å²) in [6.07, 6.45) is 0.500. The van der Waals surface area contributed by atoms with Gasteiger partial charge in [0, 0.05) is 17.1 Å². The number of nitrogens with zero attached hydrogens (tertiary/aromatic N) is 1. The van der Waals surface area contributed by atoms with Gasteiger partial charge < -0.3 is 10.2 Å². The lowest BCUT2D eigenvalue weighted by atomic mass is 9.94. The molecule has 2 rings (SSSR count). The fourth-order valence-electron chi connectivity index (χ4n) is 2.36. The Bertz CT molecular complexity index is 589. The highest BCUT2D eigenvalue weighted by Gasteiger charge is 2.45. The van der Waals surface area contributed by atoms with Crippen molar-refractivity contribution in [3.8, 4) is 0 Å². The van der Waals surface area contributed by atoms with Crippen LogP contribution in [0.25, 0.3) is 0 Å². The molecular weight excluding hydrogens is 295 g/mol. The molecule has 0 bridgehead atoms. The maximum atomic E-state index is 13.9. The highest BCUT2D eigenvalue weighted by Crippen LogP contribution is 2.26. The van der Waals surface area contributed by atoms with E-state index in [4.69, 9.17) is 11.6 Å². The first kappa shape index (κ1) is 15.8. The zero-order valence-corrected chi connectivity index (χ0v) is 13.0. The lowest BCUT2D eigenvalue weighted by Gasteiger charge is -2.44. The number of benzene rings is 1. The van der Waals surface area contributed by atoms with Crippen molar-refractivity contribution >= 4 is 23.4 Å². The molecule has 114 valence electrons. The van der Waals surface area contributed by atoms with E-state index in [1.165, 1.54) is 17.0 Å². The molecule has 1 aromatic carbocycles. The molecule has 0 aliphatic carbocycles. The van der Waals surface area contributed by atoms with E-state index < -0.39 is 17.4 Å². The monoisotopic (exact) mass is 312 g/mol. The molecule has 0 radical (unpaired) electrons. The summed E-state index contributed by atoms with van der Waals surface area (Å²) in [4.78, 5) is 26.0.